The van der Waals surface area contributed by atoms with Crippen LogP contribution in [-0.4, -0.2) is 41.0 Å². The van der Waals surface area contributed by atoms with Gasteiger partial charge in [-0.1, -0.05) is 44.2 Å². The number of hydrogen-bond acceptors (Lipinski definition) is 3. The lowest BCUT2D eigenvalue weighted by molar-refractivity contribution is -0.129. The van der Waals surface area contributed by atoms with Crippen LogP contribution >= 0.6 is 0 Å². The Hall–Kier alpha value is -1.88. The predicted molar refractivity (Wildman–Crippen MR) is 83.8 cm³/mol. The van der Waals surface area contributed by atoms with Crippen molar-refractivity contribution < 1.29 is 14.7 Å². The number of amides is 2. The molecule has 2 N–H and O–H groups in total. The normalized spacial score (nSPS) is 19.5. The number of aliphatic hydroxyl groups is 1. The quantitative estimate of drug-likeness (QED) is 0.829. The van der Waals surface area contributed by atoms with Gasteiger partial charge < -0.3 is 15.3 Å². The van der Waals surface area contributed by atoms with Gasteiger partial charge in [-0.25, -0.2) is 0 Å². The van der Waals surface area contributed by atoms with Crippen LogP contribution in [0.25, 0.3) is 0 Å². The molecule has 1 saturated heterocycles. The van der Waals surface area contributed by atoms with E-state index < -0.39 is 0 Å². The van der Waals surface area contributed by atoms with Gasteiger partial charge in [0.1, 0.15) is 0 Å². The highest BCUT2D eigenvalue weighted by molar-refractivity contribution is 5.89. The Kier molecular flexibility index (Phi) is 5.55. The van der Waals surface area contributed by atoms with Gasteiger partial charge in [0.25, 0.3) is 0 Å². The highest BCUT2D eigenvalue weighted by Crippen LogP contribution is 2.20. The van der Waals surface area contributed by atoms with E-state index in [1.54, 1.807) is 4.90 Å². The maximum Gasteiger partial charge on any atom is 0.225 e. The first-order valence-corrected chi connectivity index (χ1v) is 7.74. The highest BCUT2D eigenvalue weighted by Gasteiger charge is 2.35. The Balaban J connectivity index is 1.92. The first-order valence-electron chi connectivity index (χ1n) is 7.74. The molecule has 0 saturated carbocycles. The summed E-state index contributed by atoms with van der Waals surface area (Å²) in [5.41, 5.74) is 1.06. The number of benzene rings is 1. The van der Waals surface area contributed by atoms with E-state index in [9.17, 15) is 14.7 Å². The second-order valence-corrected chi connectivity index (χ2v) is 6.20. The Morgan fingerprint density at radius 2 is 2.05 bits per heavy atom. The minimum absolute atomic E-state index is 0.00842. The molecule has 1 heterocycles. The van der Waals surface area contributed by atoms with Crippen LogP contribution in [-0.2, 0) is 16.1 Å². The Bertz CT molecular complexity index is 516. The SMILES string of the molecule is CC(C)[C@H](CO)NC(=O)[C@@H]1CC(=O)N(Cc2ccccc2)C1. The molecule has 0 radical (unpaired) electrons. The van der Waals surface area contributed by atoms with E-state index in [2.05, 4.69) is 5.32 Å². The summed E-state index contributed by atoms with van der Waals surface area (Å²) in [6, 6.07) is 9.50. The van der Waals surface area contributed by atoms with Crippen LogP contribution in [0.3, 0.4) is 0 Å². The number of carbonyl (C=O) groups is 2. The molecule has 2 rings (SSSR count). The lowest BCUT2D eigenvalue weighted by Gasteiger charge is -2.22. The van der Waals surface area contributed by atoms with E-state index in [4.69, 9.17) is 0 Å². The molecule has 0 spiro atoms. The number of nitrogens with zero attached hydrogens (tertiary/aromatic N) is 1. The Labute approximate surface area is 131 Å². The molecule has 22 heavy (non-hydrogen) atoms. The van der Waals surface area contributed by atoms with Crippen molar-refractivity contribution in [1.82, 2.24) is 10.2 Å². The summed E-state index contributed by atoms with van der Waals surface area (Å²) in [5, 5.41) is 12.1. The molecule has 0 aromatic heterocycles. The monoisotopic (exact) mass is 304 g/mol. The molecule has 0 aliphatic carbocycles. The zero-order valence-corrected chi connectivity index (χ0v) is 13.2. The summed E-state index contributed by atoms with van der Waals surface area (Å²) >= 11 is 0. The summed E-state index contributed by atoms with van der Waals surface area (Å²) in [7, 11) is 0. The van der Waals surface area contributed by atoms with E-state index in [1.165, 1.54) is 0 Å². The Morgan fingerprint density at radius 3 is 2.64 bits per heavy atom. The summed E-state index contributed by atoms with van der Waals surface area (Å²) in [5.74, 6) is -0.304. The molecule has 2 atom stereocenters. The summed E-state index contributed by atoms with van der Waals surface area (Å²) in [6.07, 6.45) is 0.245. The third-order valence-corrected chi connectivity index (χ3v) is 4.13. The van der Waals surface area contributed by atoms with Crippen LogP contribution in [0.15, 0.2) is 30.3 Å². The van der Waals surface area contributed by atoms with Crippen molar-refractivity contribution in [2.24, 2.45) is 11.8 Å². The number of rotatable bonds is 6. The molecule has 1 aromatic carbocycles. The van der Waals surface area contributed by atoms with E-state index in [1.807, 2.05) is 44.2 Å². The summed E-state index contributed by atoms with van der Waals surface area (Å²) in [4.78, 5) is 26.1. The van der Waals surface area contributed by atoms with Gasteiger partial charge in [0.2, 0.25) is 11.8 Å². The molecular formula is C17H24N2O3. The first-order chi connectivity index (χ1) is 10.5. The summed E-state index contributed by atoms with van der Waals surface area (Å²) < 4.78 is 0. The second-order valence-electron chi connectivity index (χ2n) is 6.20. The van der Waals surface area contributed by atoms with Crippen molar-refractivity contribution >= 4 is 11.8 Å². The van der Waals surface area contributed by atoms with Crippen molar-refractivity contribution in [3.05, 3.63) is 35.9 Å². The van der Waals surface area contributed by atoms with Gasteiger partial charge in [0.05, 0.1) is 18.6 Å². The zero-order valence-electron chi connectivity index (χ0n) is 13.2. The molecule has 0 bridgehead atoms. The van der Waals surface area contributed by atoms with E-state index in [0.29, 0.717) is 13.1 Å². The van der Waals surface area contributed by atoms with Gasteiger partial charge in [-0.3, -0.25) is 9.59 Å². The van der Waals surface area contributed by atoms with E-state index in [-0.39, 0.29) is 42.7 Å². The Morgan fingerprint density at radius 1 is 1.36 bits per heavy atom. The van der Waals surface area contributed by atoms with Gasteiger partial charge in [-0.05, 0) is 11.5 Å². The molecule has 120 valence electrons. The van der Waals surface area contributed by atoms with Gasteiger partial charge >= 0.3 is 0 Å². The van der Waals surface area contributed by atoms with Gasteiger partial charge in [0.15, 0.2) is 0 Å². The van der Waals surface area contributed by atoms with Crippen molar-refractivity contribution in [1.29, 1.82) is 0 Å². The summed E-state index contributed by atoms with van der Waals surface area (Å²) in [6.45, 7) is 4.79. The first kappa shape index (κ1) is 16.5. The van der Waals surface area contributed by atoms with Crippen molar-refractivity contribution in [2.75, 3.05) is 13.2 Å². The lowest BCUT2D eigenvalue weighted by atomic mass is 10.0. The fourth-order valence-corrected chi connectivity index (χ4v) is 2.63. The zero-order chi connectivity index (χ0) is 16.1. The minimum Gasteiger partial charge on any atom is -0.394 e. The number of carbonyl (C=O) groups excluding carboxylic acids is 2. The molecule has 5 heteroatoms. The standard InChI is InChI=1S/C17H24N2O3/c1-12(2)15(11-20)18-17(22)14-8-16(21)19(10-14)9-13-6-4-3-5-7-13/h3-7,12,14-15,20H,8-11H2,1-2H3,(H,18,22)/t14-,15+/m1/s1. The van der Waals surface area contributed by atoms with Crippen LogP contribution in [0.4, 0.5) is 0 Å². The number of nitrogens with one attached hydrogen (secondary N) is 1. The molecular weight excluding hydrogens is 280 g/mol. The van der Waals surface area contributed by atoms with Crippen LogP contribution in [0.2, 0.25) is 0 Å². The van der Waals surface area contributed by atoms with Crippen LogP contribution in [0, 0.1) is 11.8 Å². The predicted octanol–water partition coefficient (Wildman–Crippen LogP) is 1.17. The smallest absolute Gasteiger partial charge is 0.225 e. The van der Waals surface area contributed by atoms with Crippen LogP contribution < -0.4 is 5.32 Å². The molecule has 1 fully saturated rings. The van der Waals surface area contributed by atoms with Crippen molar-refractivity contribution in [2.45, 2.75) is 32.9 Å². The minimum atomic E-state index is -0.330. The lowest BCUT2D eigenvalue weighted by Crippen LogP contribution is -2.44. The molecule has 0 unspecified atom stereocenters. The van der Waals surface area contributed by atoms with Crippen molar-refractivity contribution in [3.8, 4) is 0 Å². The molecule has 1 aromatic rings. The third kappa shape index (κ3) is 4.07. The van der Waals surface area contributed by atoms with Crippen LogP contribution in [0.5, 0.6) is 0 Å². The van der Waals surface area contributed by atoms with Gasteiger partial charge in [0, 0.05) is 19.5 Å². The molecule has 2 amide bonds. The average molecular weight is 304 g/mol. The molecule has 5 nitrogen and oxygen atoms in total. The number of aliphatic hydroxyl groups excluding tert-OH is 1. The molecule has 1 aliphatic rings. The number of likely N-dealkylation sites (tertiary alicyclic amines) is 1. The second kappa shape index (κ2) is 7.40. The fraction of sp³-hybridized carbons (Fsp3) is 0.529. The topological polar surface area (TPSA) is 69.6 Å². The number of hydrogen-bond donors (Lipinski definition) is 2. The van der Waals surface area contributed by atoms with Crippen molar-refractivity contribution in [3.63, 3.8) is 0 Å². The average Bonchev–Trinajstić information content (AvgIpc) is 2.86. The largest absolute Gasteiger partial charge is 0.394 e. The van der Waals surface area contributed by atoms with Gasteiger partial charge in [-0.15, -0.1) is 0 Å². The fourth-order valence-electron chi connectivity index (χ4n) is 2.63. The third-order valence-electron chi connectivity index (χ3n) is 4.13. The highest BCUT2D eigenvalue weighted by atomic mass is 16.3. The van der Waals surface area contributed by atoms with Gasteiger partial charge in [-0.2, -0.15) is 0 Å². The van der Waals surface area contributed by atoms with E-state index >= 15 is 0 Å². The van der Waals surface area contributed by atoms with E-state index in [0.717, 1.165) is 5.56 Å². The maximum absolute atomic E-state index is 12.3. The molecule has 1 aliphatic heterocycles. The van der Waals surface area contributed by atoms with Crippen LogP contribution in [0.1, 0.15) is 25.8 Å². The maximum atomic E-state index is 12.3.